The third-order valence-corrected chi connectivity index (χ3v) is 3.14. The Balaban J connectivity index is 2.02. The van der Waals surface area contributed by atoms with Crippen LogP contribution in [0.4, 0.5) is 8.78 Å². The molecule has 1 aromatic heterocycles. The minimum absolute atomic E-state index is 0.0693. The maximum atomic E-state index is 13.5. The van der Waals surface area contributed by atoms with Gasteiger partial charge in [-0.1, -0.05) is 24.3 Å². The number of halogens is 2. The van der Waals surface area contributed by atoms with E-state index in [1.165, 1.54) is 30.4 Å². The molecular weight excluding hydrogens is 272 g/mol. The van der Waals surface area contributed by atoms with E-state index in [-0.39, 0.29) is 11.3 Å². The Morgan fingerprint density at radius 1 is 0.857 bits per heavy atom. The summed E-state index contributed by atoms with van der Waals surface area (Å²) in [5, 5.41) is 10.6. The van der Waals surface area contributed by atoms with Crippen LogP contribution in [0, 0.1) is 11.6 Å². The molecule has 0 aliphatic heterocycles. The van der Waals surface area contributed by atoms with E-state index in [4.69, 9.17) is 0 Å². The average molecular weight is 283 g/mol. The Kier molecular flexibility index (Phi) is 3.36. The van der Waals surface area contributed by atoms with Crippen LogP contribution in [0.5, 0.6) is 5.75 Å². The van der Waals surface area contributed by atoms with Gasteiger partial charge in [-0.2, -0.15) is 0 Å². The topological polar surface area (TPSA) is 33.1 Å². The molecule has 0 fully saturated rings. The number of aromatic nitrogens is 1. The van der Waals surface area contributed by atoms with Crippen LogP contribution < -0.4 is 0 Å². The van der Waals surface area contributed by atoms with E-state index in [1.807, 2.05) is 6.07 Å². The van der Waals surface area contributed by atoms with Crippen molar-refractivity contribution in [3.05, 3.63) is 71.4 Å². The van der Waals surface area contributed by atoms with Gasteiger partial charge in [-0.25, -0.2) is 13.8 Å². The zero-order valence-electron chi connectivity index (χ0n) is 10.9. The summed E-state index contributed by atoms with van der Waals surface area (Å²) in [7, 11) is 0. The first-order chi connectivity index (χ1) is 10.1. The minimum Gasteiger partial charge on any atom is -0.506 e. The lowest BCUT2D eigenvalue weighted by Gasteiger charge is -2.02. The smallest absolute Gasteiger partial charge is 0.141 e. The maximum Gasteiger partial charge on any atom is 0.141 e. The molecule has 1 heterocycles. The quantitative estimate of drug-likeness (QED) is 0.756. The lowest BCUT2D eigenvalue weighted by atomic mass is 10.1. The fourth-order valence-electron chi connectivity index (χ4n) is 2.08. The summed E-state index contributed by atoms with van der Waals surface area (Å²) < 4.78 is 27.0. The monoisotopic (exact) mass is 283 g/mol. The first kappa shape index (κ1) is 13.2. The number of para-hydroxylation sites is 1. The average Bonchev–Trinajstić information content (AvgIpc) is 2.47. The van der Waals surface area contributed by atoms with E-state index in [1.54, 1.807) is 24.3 Å². The van der Waals surface area contributed by atoms with Crippen LogP contribution >= 0.6 is 0 Å². The number of fused-ring (bicyclic) bond motifs is 1. The molecule has 0 radical (unpaired) electrons. The number of aromatic hydroxyl groups is 1. The van der Waals surface area contributed by atoms with Gasteiger partial charge in [-0.15, -0.1) is 0 Å². The highest BCUT2D eigenvalue weighted by atomic mass is 19.1. The number of phenolic OH excluding ortho intramolecular Hbond substituents is 1. The molecular formula is C17H11F2NO. The van der Waals surface area contributed by atoms with Crippen LogP contribution in [-0.2, 0) is 0 Å². The van der Waals surface area contributed by atoms with Gasteiger partial charge in [-0.3, -0.25) is 0 Å². The number of rotatable bonds is 2. The van der Waals surface area contributed by atoms with E-state index in [0.29, 0.717) is 11.2 Å². The number of nitrogens with zero attached hydrogens (tertiary/aromatic N) is 1. The van der Waals surface area contributed by atoms with Gasteiger partial charge in [-0.05, 0) is 36.4 Å². The lowest BCUT2D eigenvalue weighted by Crippen LogP contribution is -1.88. The van der Waals surface area contributed by atoms with Gasteiger partial charge in [0.05, 0.1) is 5.69 Å². The first-order valence-corrected chi connectivity index (χ1v) is 6.36. The summed E-state index contributed by atoms with van der Waals surface area (Å²) in [5.74, 6) is -1.19. The van der Waals surface area contributed by atoms with Crippen molar-refractivity contribution >= 4 is 23.1 Å². The molecule has 3 aromatic rings. The van der Waals surface area contributed by atoms with Gasteiger partial charge in [0.2, 0.25) is 0 Å². The summed E-state index contributed by atoms with van der Waals surface area (Å²) in [4.78, 5) is 4.27. The normalized spacial score (nSPS) is 11.3. The molecule has 0 saturated carbocycles. The van der Waals surface area contributed by atoms with E-state index in [2.05, 4.69) is 4.98 Å². The summed E-state index contributed by atoms with van der Waals surface area (Å²) >= 11 is 0. The molecule has 0 amide bonds. The van der Waals surface area contributed by atoms with E-state index < -0.39 is 11.6 Å². The fourth-order valence-corrected chi connectivity index (χ4v) is 2.08. The Hall–Kier alpha value is -2.75. The maximum absolute atomic E-state index is 13.5. The predicted molar refractivity (Wildman–Crippen MR) is 78.7 cm³/mol. The van der Waals surface area contributed by atoms with Gasteiger partial charge in [0.15, 0.2) is 0 Å². The van der Waals surface area contributed by atoms with Crippen LogP contribution in [0.1, 0.15) is 11.3 Å². The number of benzene rings is 2. The third kappa shape index (κ3) is 2.60. The van der Waals surface area contributed by atoms with Crippen LogP contribution in [0.3, 0.4) is 0 Å². The third-order valence-electron chi connectivity index (χ3n) is 3.14. The summed E-state index contributed by atoms with van der Waals surface area (Å²) in [5.41, 5.74) is 0.844. The molecule has 21 heavy (non-hydrogen) atoms. The van der Waals surface area contributed by atoms with Gasteiger partial charge >= 0.3 is 0 Å². The van der Waals surface area contributed by atoms with Gasteiger partial charge in [0.25, 0.3) is 0 Å². The van der Waals surface area contributed by atoms with Crippen molar-refractivity contribution in [3.8, 4) is 5.75 Å². The fraction of sp³-hybridized carbons (Fsp3) is 0. The van der Waals surface area contributed by atoms with Crippen molar-refractivity contribution in [3.63, 3.8) is 0 Å². The van der Waals surface area contributed by atoms with Gasteiger partial charge in [0.1, 0.15) is 22.9 Å². The van der Waals surface area contributed by atoms with E-state index in [0.717, 1.165) is 5.39 Å². The van der Waals surface area contributed by atoms with Crippen LogP contribution in [0.15, 0.2) is 48.5 Å². The van der Waals surface area contributed by atoms with Crippen LogP contribution in [0.25, 0.3) is 23.1 Å². The predicted octanol–water partition coefficient (Wildman–Crippen LogP) is 4.39. The lowest BCUT2D eigenvalue weighted by molar-refractivity contribution is 0.480. The van der Waals surface area contributed by atoms with Crippen molar-refractivity contribution in [1.29, 1.82) is 0 Å². The summed E-state index contributed by atoms with van der Waals surface area (Å²) in [6.07, 6.45) is 2.84. The highest BCUT2D eigenvalue weighted by Gasteiger charge is 2.05. The Morgan fingerprint density at radius 2 is 1.57 bits per heavy atom. The van der Waals surface area contributed by atoms with Crippen LogP contribution in [0.2, 0.25) is 0 Å². The molecule has 0 unspecified atom stereocenters. The number of hydrogen-bond donors (Lipinski definition) is 1. The van der Waals surface area contributed by atoms with E-state index >= 15 is 0 Å². The molecule has 2 nitrogen and oxygen atoms in total. The molecule has 0 bridgehead atoms. The molecule has 4 heteroatoms. The second-order valence-electron chi connectivity index (χ2n) is 4.55. The van der Waals surface area contributed by atoms with E-state index in [9.17, 15) is 13.9 Å². The Bertz CT molecular complexity index is 823. The highest BCUT2D eigenvalue weighted by Crippen LogP contribution is 2.23. The number of pyridine rings is 1. The van der Waals surface area contributed by atoms with Gasteiger partial charge in [0, 0.05) is 10.9 Å². The van der Waals surface area contributed by atoms with Gasteiger partial charge < -0.3 is 5.11 Å². The molecule has 0 spiro atoms. The molecule has 2 aromatic carbocycles. The van der Waals surface area contributed by atoms with Crippen molar-refractivity contribution < 1.29 is 13.9 Å². The SMILES string of the molecule is Oc1cccc2ccc(/C=C/c3c(F)cccc3F)nc12. The minimum atomic E-state index is -0.630. The Morgan fingerprint density at radius 3 is 2.33 bits per heavy atom. The first-order valence-electron chi connectivity index (χ1n) is 6.36. The summed E-state index contributed by atoms with van der Waals surface area (Å²) in [6, 6.07) is 12.3. The van der Waals surface area contributed by atoms with Crippen LogP contribution in [-0.4, -0.2) is 10.1 Å². The molecule has 104 valence electrons. The van der Waals surface area contributed by atoms with Crippen molar-refractivity contribution in [2.45, 2.75) is 0 Å². The Labute approximate surface area is 120 Å². The summed E-state index contributed by atoms with van der Waals surface area (Å²) in [6.45, 7) is 0. The molecule has 0 saturated heterocycles. The van der Waals surface area contributed by atoms with Crippen molar-refractivity contribution in [2.75, 3.05) is 0 Å². The molecule has 0 aliphatic carbocycles. The highest BCUT2D eigenvalue weighted by molar-refractivity contribution is 5.85. The molecule has 0 aliphatic rings. The largest absolute Gasteiger partial charge is 0.506 e. The zero-order chi connectivity index (χ0) is 14.8. The molecule has 0 atom stereocenters. The zero-order valence-corrected chi connectivity index (χ0v) is 10.9. The molecule has 1 N–H and O–H groups in total. The number of phenols is 1. The second-order valence-corrected chi connectivity index (χ2v) is 4.55. The number of hydrogen-bond acceptors (Lipinski definition) is 2. The van der Waals surface area contributed by atoms with Crippen molar-refractivity contribution in [1.82, 2.24) is 4.98 Å². The molecule has 3 rings (SSSR count). The van der Waals surface area contributed by atoms with Crippen molar-refractivity contribution in [2.24, 2.45) is 0 Å². The second kappa shape index (κ2) is 5.32. The standard InChI is InChI=1S/C17H11F2NO/c18-14-4-2-5-15(19)13(14)10-9-12-8-7-11-3-1-6-16(21)17(11)20-12/h1-10,21H/b10-9+.